The summed E-state index contributed by atoms with van der Waals surface area (Å²) in [5.74, 6) is -0.722. The number of hydrogen-bond acceptors (Lipinski definition) is 4. The van der Waals surface area contributed by atoms with Gasteiger partial charge in [-0.05, 0) is 48.2 Å². The third-order valence-electron chi connectivity index (χ3n) is 4.31. The zero-order valence-corrected chi connectivity index (χ0v) is 17.4. The van der Waals surface area contributed by atoms with Gasteiger partial charge in [0.25, 0.3) is 0 Å². The number of aliphatic carboxylic acids is 1. The first-order valence-corrected chi connectivity index (χ1v) is 10.5. The second kappa shape index (κ2) is 9.92. The van der Waals surface area contributed by atoms with Crippen molar-refractivity contribution >= 4 is 45.6 Å². The third-order valence-corrected chi connectivity index (χ3v) is 5.83. The minimum atomic E-state index is -0.759. The number of carboxylic acids is 1. The molecule has 0 aliphatic heterocycles. The molecule has 0 bridgehead atoms. The number of unbranched alkanes of at least 4 members (excludes halogenated alkanes) is 1. The molecular formula is C21H20Cl2N2O2S. The van der Waals surface area contributed by atoms with Crippen molar-refractivity contribution in [3.8, 4) is 0 Å². The lowest BCUT2D eigenvalue weighted by Crippen LogP contribution is -2.02. The van der Waals surface area contributed by atoms with Crippen LogP contribution >= 0.6 is 34.5 Å². The average molecular weight is 435 g/mol. The van der Waals surface area contributed by atoms with Gasteiger partial charge in [-0.15, -0.1) is 11.3 Å². The van der Waals surface area contributed by atoms with Crippen LogP contribution in [-0.4, -0.2) is 22.6 Å². The highest BCUT2D eigenvalue weighted by atomic mass is 35.5. The zero-order chi connectivity index (χ0) is 19.9. The maximum Gasteiger partial charge on any atom is 0.303 e. The predicted octanol–water partition coefficient (Wildman–Crippen LogP) is 6.30. The number of rotatable bonds is 9. The molecule has 28 heavy (non-hydrogen) atoms. The van der Waals surface area contributed by atoms with E-state index in [1.165, 1.54) is 0 Å². The van der Waals surface area contributed by atoms with Crippen LogP contribution in [0.3, 0.4) is 0 Å². The molecule has 0 fully saturated rings. The average Bonchev–Trinajstić information content (AvgIpc) is 3.13. The Morgan fingerprint density at radius 1 is 1.00 bits per heavy atom. The molecule has 4 nitrogen and oxygen atoms in total. The lowest BCUT2D eigenvalue weighted by atomic mass is 9.90. The molecule has 0 aliphatic rings. The van der Waals surface area contributed by atoms with Crippen LogP contribution in [0.1, 0.15) is 41.2 Å². The number of anilines is 1. The smallest absolute Gasteiger partial charge is 0.303 e. The first-order chi connectivity index (χ1) is 13.5. The highest BCUT2D eigenvalue weighted by Gasteiger charge is 2.19. The van der Waals surface area contributed by atoms with Crippen molar-refractivity contribution in [2.24, 2.45) is 0 Å². The predicted molar refractivity (Wildman–Crippen MR) is 116 cm³/mol. The quantitative estimate of drug-likeness (QED) is 0.388. The van der Waals surface area contributed by atoms with E-state index >= 15 is 0 Å². The van der Waals surface area contributed by atoms with E-state index < -0.39 is 5.97 Å². The Kier molecular flexibility index (Phi) is 7.31. The number of hydrogen-bond donors (Lipinski definition) is 2. The van der Waals surface area contributed by atoms with E-state index in [1.54, 1.807) is 11.3 Å². The molecule has 0 saturated heterocycles. The number of carboxylic acid groups (broad SMARTS) is 1. The maximum atomic E-state index is 10.6. The largest absolute Gasteiger partial charge is 0.481 e. The number of nitrogens with zero attached hydrogens (tertiary/aromatic N) is 1. The molecule has 146 valence electrons. The van der Waals surface area contributed by atoms with Crippen LogP contribution in [0.2, 0.25) is 10.0 Å². The van der Waals surface area contributed by atoms with Gasteiger partial charge in [0.05, 0.1) is 0 Å². The molecular weight excluding hydrogens is 415 g/mol. The van der Waals surface area contributed by atoms with Crippen LogP contribution in [0.4, 0.5) is 5.13 Å². The molecule has 1 aromatic heterocycles. The Bertz CT molecular complexity index is 865. The molecule has 0 unspecified atom stereocenters. The van der Waals surface area contributed by atoms with Crippen LogP contribution in [0, 0.1) is 0 Å². The molecule has 2 aromatic carbocycles. The first-order valence-electron chi connectivity index (χ1n) is 8.95. The molecule has 0 aliphatic carbocycles. The summed E-state index contributed by atoms with van der Waals surface area (Å²) in [6.45, 7) is 0.701. The molecule has 1 heterocycles. The highest BCUT2D eigenvalue weighted by molar-refractivity contribution is 7.15. The Balaban J connectivity index is 1.77. The number of thiazole rings is 1. The van der Waals surface area contributed by atoms with Gasteiger partial charge < -0.3 is 10.4 Å². The van der Waals surface area contributed by atoms with Crippen molar-refractivity contribution in [2.45, 2.75) is 25.2 Å². The van der Waals surface area contributed by atoms with Crippen LogP contribution in [0.25, 0.3) is 0 Å². The van der Waals surface area contributed by atoms with Gasteiger partial charge in [0.15, 0.2) is 5.13 Å². The minimum Gasteiger partial charge on any atom is -0.481 e. The van der Waals surface area contributed by atoms with E-state index in [1.807, 2.05) is 54.7 Å². The Labute approximate surface area is 178 Å². The molecule has 0 radical (unpaired) electrons. The van der Waals surface area contributed by atoms with Gasteiger partial charge >= 0.3 is 5.97 Å². The van der Waals surface area contributed by atoms with Gasteiger partial charge in [0.2, 0.25) is 0 Å². The summed E-state index contributed by atoms with van der Waals surface area (Å²) in [7, 11) is 0. The summed E-state index contributed by atoms with van der Waals surface area (Å²) in [5, 5.41) is 14.2. The summed E-state index contributed by atoms with van der Waals surface area (Å²) in [6, 6.07) is 15.7. The van der Waals surface area contributed by atoms with E-state index in [0.717, 1.165) is 27.6 Å². The van der Waals surface area contributed by atoms with E-state index in [0.29, 0.717) is 23.0 Å². The normalized spacial score (nSPS) is 11.0. The number of aromatic nitrogens is 1. The van der Waals surface area contributed by atoms with Crippen LogP contribution < -0.4 is 5.32 Å². The summed E-state index contributed by atoms with van der Waals surface area (Å²) >= 11 is 13.7. The third kappa shape index (κ3) is 5.71. The number of nitrogens with one attached hydrogen (secondary N) is 1. The van der Waals surface area contributed by atoms with Crippen LogP contribution in [0.15, 0.2) is 54.7 Å². The molecule has 2 N–H and O–H groups in total. The Morgan fingerprint density at radius 2 is 1.57 bits per heavy atom. The van der Waals surface area contributed by atoms with Crippen LogP contribution in [-0.2, 0) is 4.79 Å². The lowest BCUT2D eigenvalue weighted by molar-refractivity contribution is -0.137. The lowest BCUT2D eigenvalue weighted by Gasteiger charge is -2.16. The van der Waals surface area contributed by atoms with Crippen LogP contribution in [0.5, 0.6) is 0 Å². The van der Waals surface area contributed by atoms with E-state index in [4.69, 9.17) is 28.3 Å². The van der Waals surface area contributed by atoms with E-state index in [9.17, 15) is 4.79 Å². The van der Waals surface area contributed by atoms with Crippen molar-refractivity contribution in [3.63, 3.8) is 0 Å². The highest BCUT2D eigenvalue weighted by Crippen LogP contribution is 2.37. The zero-order valence-electron chi connectivity index (χ0n) is 15.1. The molecule has 0 saturated carbocycles. The molecule has 3 aromatic rings. The fourth-order valence-corrected chi connectivity index (χ4v) is 4.18. The molecule has 0 atom stereocenters. The van der Waals surface area contributed by atoms with Crippen molar-refractivity contribution < 1.29 is 9.90 Å². The topological polar surface area (TPSA) is 62.2 Å². The Hall–Kier alpha value is -2.08. The molecule has 0 amide bonds. The monoisotopic (exact) mass is 434 g/mol. The van der Waals surface area contributed by atoms with Gasteiger partial charge in [-0.2, -0.15) is 0 Å². The van der Waals surface area contributed by atoms with Gasteiger partial charge in [-0.3, -0.25) is 4.79 Å². The SMILES string of the molecule is O=C(O)CCCCNc1ncc(C(c2ccc(Cl)cc2)c2ccc(Cl)cc2)s1. The standard InChI is InChI=1S/C21H20Cl2N2O2S/c22-16-8-4-14(5-9-16)20(15-6-10-17(23)11-7-15)18-13-25-21(28-18)24-12-2-1-3-19(26)27/h4-11,13,20H,1-3,12H2,(H,24,25)(H,26,27). The fourth-order valence-electron chi connectivity index (χ4n) is 2.93. The van der Waals surface area contributed by atoms with Crippen molar-refractivity contribution in [2.75, 3.05) is 11.9 Å². The minimum absolute atomic E-state index is 0.0367. The van der Waals surface area contributed by atoms with Gasteiger partial charge in [-0.25, -0.2) is 4.98 Å². The van der Waals surface area contributed by atoms with E-state index in [2.05, 4.69) is 10.3 Å². The van der Waals surface area contributed by atoms with Gasteiger partial charge in [0, 0.05) is 40.0 Å². The maximum absolute atomic E-state index is 10.6. The van der Waals surface area contributed by atoms with Gasteiger partial charge in [-0.1, -0.05) is 47.5 Å². The van der Waals surface area contributed by atoms with Gasteiger partial charge in [0.1, 0.15) is 0 Å². The number of benzene rings is 2. The number of carbonyl (C=O) groups is 1. The fraction of sp³-hybridized carbons (Fsp3) is 0.238. The van der Waals surface area contributed by atoms with Crippen molar-refractivity contribution in [1.82, 2.24) is 4.98 Å². The molecule has 3 rings (SSSR count). The second-order valence-electron chi connectivity index (χ2n) is 6.38. The summed E-state index contributed by atoms with van der Waals surface area (Å²) in [4.78, 5) is 16.2. The second-order valence-corrected chi connectivity index (χ2v) is 8.32. The molecule has 7 heteroatoms. The summed E-state index contributed by atoms with van der Waals surface area (Å²) in [5.41, 5.74) is 2.26. The Morgan fingerprint density at radius 3 is 2.11 bits per heavy atom. The van der Waals surface area contributed by atoms with Crippen molar-refractivity contribution in [3.05, 3.63) is 80.8 Å². The number of halogens is 2. The summed E-state index contributed by atoms with van der Waals surface area (Å²) in [6.07, 6.45) is 3.52. The van der Waals surface area contributed by atoms with E-state index in [-0.39, 0.29) is 12.3 Å². The first kappa shape index (κ1) is 20.6. The summed E-state index contributed by atoms with van der Waals surface area (Å²) < 4.78 is 0. The van der Waals surface area contributed by atoms with Crippen molar-refractivity contribution in [1.29, 1.82) is 0 Å². The molecule has 0 spiro atoms.